The third kappa shape index (κ3) is 5.96. The van der Waals surface area contributed by atoms with E-state index in [-0.39, 0.29) is 23.6 Å². The molecule has 0 fully saturated rings. The SMILES string of the molecule is N#C/C(=C\c1c(OCc2cccc([N+](=O)[O-])c2)ccc2ccccc12)C(=O)Nc1cccc(C(F)(F)F)c1. The summed E-state index contributed by atoms with van der Waals surface area (Å²) in [5.41, 5.74) is -0.592. The molecule has 4 aromatic carbocycles. The third-order valence-corrected chi connectivity index (χ3v) is 5.55. The number of nitrogens with zero attached hydrogens (tertiary/aromatic N) is 2. The summed E-state index contributed by atoms with van der Waals surface area (Å²) in [4.78, 5) is 23.4. The van der Waals surface area contributed by atoms with Crippen LogP contribution in [0.5, 0.6) is 5.75 Å². The number of anilines is 1. The van der Waals surface area contributed by atoms with Gasteiger partial charge in [0.2, 0.25) is 0 Å². The maximum atomic E-state index is 13.0. The van der Waals surface area contributed by atoms with Crippen LogP contribution in [0.3, 0.4) is 0 Å². The quantitative estimate of drug-likeness (QED) is 0.124. The van der Waals surface area contributed by atoms with Gasteiger partial charge in [-0.2, -0.15) is 18.4 Å². The lowest BCUT2D eigenvalue weighted by molar-refractivity contribution is -0.384. The number of nitriles is 1. The molecule has 0 saturated heterocycles. The fourth-order valence-electron chi connectivity index (χ4n) is 3.74. The molecule has 0 saturated carbocycles. The zero-order chi connectivity index (χ0) is 27.3. The van der Waals surface area contributed by atoms with E-state index in [1.165, 1.54) is 30.3 Å². The van der Waals surface area contributed by atoms with E-state index in [2.05, 4.69) is 5.32 Å². The number of halogens is 3. The van der Waals surface area contributed by atoms with Crippen molar-refractivity contribution in [2.75, 3.05) is 5.32 Å². The van der Waals surface area contributed by atoms with Gasteiger partial charge in [-0.3, -0.25) is 14.9 Å². The first kappa shape index (κ1) is 25.9. The molecule has 0 aromatic heterocycles. The van der Waals surface area contributed by atoms with Crippen molar-refractivity contribution in [1.29, 1.82) is 5.26 Å². The smallest absolute Gasteiger partial charge is 0.416 e. The topological polar surface area (TPSA) is 105 Å². The normalized spacial score (nSPS) is 11.6. The fraction of sp³-hybridized carbons (Fsp3) is 0.0714. The molecule has 7 nitrogen and oxygen atoms in total. The largest absolute Gasteiger partial charge is 0.488 e. The van der Waals surface area contributed by atoms with Crippen molar-refractivity contribution in [3.8, 4) is 11.8 Å². The van der Waals surface area contributed by atoms with E-state index in [4.69, 9.17) is 4.74 Å². The maximum absolute atomic E-state index is 13.0. The van der Waals surface area contributed by atoms with Crippen molar-refractivity contribution in [3.63, 3.8) is 0 Å². The van der Waals surface area contributed by atoms with Crippen molar-refractivity contribution in [3.05, 3.63) is 117 Å². The first-order valence-electron chi connectivity index (χ1n) is 11.1. The van der Waals surface area contributed by atoms with Gasteiger partial charge in [-0.1, -0.05) is 48.5 Å². The molecule has 1 amide bonds. The van der Waals surface area contributed by atoms with Crippen LogP contribution in [0.25, 0.3) is 16.8 Å². The summed E-state index contributed by atoms with van der Waals surface area (Å²) in [7, 11) is 0. The van der Waals surface area contributed by atoms with Gasteiger partial charge in [0.25, 0.3) is 11.6 Å². The molecule has 4 rings (SSSR count). The Morgan fingerprint density at radius 3 is 2.53 bits per heavy atom. The van der Waals surface area contributed by atoms with E-state index >= 15 is 0 Å². The number of fused-ring (bicyclic) bond motifs is 1. The number of nitro benzene ring substituents is 1. The lowest BCUT2D eigenvalue weighted by Gasteiger charge is -2.13. The average Bonchev–Trinajstić information content (AvgIpc) is 2.90. The Morgan fingerprint density at radius 2 is 1.79 bits per heavy atom. The van der Waals surface area contributed by atoms with Crippen molar-refractivity contribution in [2.24, 2.45) is 0 Å². The van der Waals surface area contributed by atoms with Gasteiger partial charge in [0, 0.05) is 23.4 Å². The number of carbonyl (C=O) groups excluding carboxylic acids is 1. The summed E-state index contributed by atoms with van der Waals surface area (Å²) < 4.78 is 45.1. The summed E-state index contributed by atoms with van der Waals surface area (Å²) in [6.07, 6.45) is -3.29. The molecule has 0 atom stereocenters. The lowest BCUT2D eigenvalue weighted by atomic mass is 10.0. The van der Waals surface area contributed by atoms with E-state index in [0.29, 0.717) is 22.3 Å². The van der Waals surface area contributed by atoms with Crippen LogP contribution in [0.15, 0.2) is 90.5 Å². The molecule has 0 radical (unpaired) electrons. The van der Waals surface area contributed by atoms with Crippen LogP contribution < -0.4 is 10.1 Å². The minimum absolute atomic E-state index is 0.0286. The summed E-state index contributed by atoms with van der Waals surface area (Å²) in [6.45, 7) is -0.0286. The first-order valence-corrected chi connectivity index (χ1v) is 11.1. The molecule has 38 heavy (non-hydrogen) atoms. The van der Waals surface area contributed by atoms with Gasteiger partial charge in [0.1, 0.15) is 24.0 Å². The van der Waals surface area contributed by atoms with E-state index < -0.39 is 22.6 Å². The van der Waals surface area contributed by atoms with Crippen LogP contribution in [0.1, 0.15) is 16.7 Å². The molecule has 4 aromatic rings. The predicted octanol–water partition coefficient (Wildman–Crippen LogP) is 6.89. The van der Waals surface area contributed by atoms with Gasteiger partial charge < -0.3 is 10.1 Å². The summed E-state index contributed by atoms with van der Waals surface area (Å²) in [6, 6.07) is 22.4. The van der Waals surface area contributed by atoms with Crippen LogP contribution in [-0.2, 0) is 17.6 Å². The molecule has 0 bridgehead atoms. The number of rotatable bonds is 7. The number of alkyl halides is 3. The van der Waals surface area contributed by atoms with E-state index in [0.717, 1.165) is 23.6 Å². The van der Waals surface area contributed by atoms with Crippen LogP contribution >= 0.6 is 0 Å². The van der Waals surface area contributed by atoms with Crippen LogP contribution in [0.4, 0.5) is 24.5 Å². The van der Waals surface area contributed by atoms with E-state index in [1.54, 1.807) is 36.4 Å². The minimum atomic E-state index is -4.59. The van der Waals surface area contributed by atoms with E-state index in [1.807, 2.05) is 12.1 Å². The second-order valence-corrected chi connectivity index (χ2v) is 8.12. The van der Waals surface area contributed by atoms with Gasteiger partial charge in [0.05, 0.1) is 10.5 Å². The maximum Gasteiger partial charge on any atom is 0.416 e. The minimum Gasteiger partial charge on any atom is -0.488 e. The van der Waals surface area contributed by atoms with Gasteiger partial charge in [-0.15, -0.1) is 0 Å². The molecular weight excluding hydrogens is 499 g/mol. The molecule has 1 N–H and O–H groups in total. The number of amides is 1. The molecule has 10 heteroatoms. The van der Waals surface area contributed by atoms with Crippen molar-refractivity contribution < 1.29 is 27.6 Å². The van der Waals surface area contributed by atoms with Gasteiger partial charge in [0.15, 0.2) is 0 Å². The number of benzene rings is 4. The Bertz CT molecular complexity index is 1610. The molecule has 0 heterocycles. The second-order valence-electron chi connectivity index (χ2n) is 8.12. The molecule has 0 aliphatic rings. The third-order valence-electron chi connectivity index (χ3n) is 5.55. The summed E-state index contributed by atoms with van der Waals surface area (Å²) >= 11 is 0. The zero-order valence-corrected chi connectivity index (χ0v) is 19.5. The highest BCUT2D eigenvalue weighted by atomic mass is 19.4. The number of hydrogen-bond acceptors (Lipinski definition) is 5. The first-order chi connectivity index (χ1) is 18.2. The Morgan fingerprint density at radius 1 is 1.03 bits per heavy atom. The molecule has 0 aliphatic carbocycles. The molecule has 190 valence electrons. The average molecular weight is 517 g/mol. The number of non-ortho nitro benzene ring substituents is 1. The molecular formula is C28H18F3N3O4. The molecule has 0 aliphatic heterocycles. The number of carbonyl (C=O) groups is 1. The Kier molecular flexibility index (Phi) is 7.39. The van der Waals surface area contributed by atoms with Crippen molar-refractivity contribution in [1.82, 2.24) is 0 Å². The van der Waals surface area contributed by atoms with Gasteiger partial charge in [-0.05, 0) is 46.7 Å². The number of nitrogens with one attached hydrogen (secondary N) is 1. The fourth-order valence-corrected chi connectivity index (χ4v) is 3.74. The molecule has 0 spiro atoms. The highest BCUT2D eigenvalue weighted by Crippen LogP contribution is 2.32. The van der Waals surface area contributed by atoms with Crippen LogP contribution in [-0.4, -0.2) is 10.8 Å². The number of ether oxygens (including phenoxy) is 1. The standard InChI is InChI=1S/C28H18F3N3O4/c29-28(30,31)21-7-4-8-22(15-21)33-27(35)20(16-32)14-25-24-10-2-1-6-19(24)11-12-26(25)38-17-18-5-3-9-23(13-18)34(36)37/h1-15H,17H2,(H,33,35)/b20-14+. The van der Waals surface area contributed by atoms with Crippen LogP contribution in [0.2, 0.25) is 0 Å². The Labute approximate surface area is 214 Å². The summed E-state index contributed by atoms with van der Waals surface area (Å²) in [5.74, 6) is -0.598. The van der Waals surface area contributed by atoms with Crippen LogP contribution in [0, 0.1) is 21.4 Å². The van der Waals surface area contributed by atoms with E-state index in [9.17, 15) is 33.3 Å². The predicted molar refractivity (Wildman–Crippen MR) is 135 cm³/mol. The van der Waals surface area contributed by atoms with Gasteiger partial charge in [-0.25, -0.2) is 0 Å². The van der Waals surface area contributed by atoms with Crippen molar-refractivity contribution in [2.45, 2.75) is 12.8 Å². The van der Waals surface area contributed by atoms with Crippen molar-refractivity contribution >= 4 is 34.1 Å². The number of nitro groups is 1. The second kappa shape index (κ2) is 10.8. The Balaban J connectivity index is 1.68. The molecule has 0 unspecified atom stereocenters. The zero-order valence-electron chi connectivity index (χ0n) is 19.5. The Hall–Kier alpha value is -5.17. The summed E-state index contributed by atoms with van der Waals surface area (Å²) in [5, 5.41) is 24.6. The lowest BCUT2D eigenvalue weighted by Crippen LogP contribution is -2.14. The van der Waals surface area contributed by atoms with Gasteiger partial charge >= 0.3 is 6.18 Å². The number of hydrogen-bond donors (Lipinski definition) is 1. The monoisotopic (exact) mass is 517 g/mol. The highest BCUT2D eigenvalue weighted by molar-refractivity contribution is 6.11. The highest BCUT2D eigenvalue weighted by Gasteiger charge is 2.30.